The first-order chi connectivity index (χ1) is 9.52. The molecule has 1 unspecified atom stereocenters. The summed E-state index contributed by atoms with van der Waals surface area (Å²) in [5, 5.41) is 0. The van der Waals surface area contributed by atoms with Crippen molar-refractivity contribution in [1.82, 2.24) is 0 Å². The van der Waals surface area contributed by atoms with Crippen LogP contribution in [0.4, 0.5) is 4.39 Å². The van der Waals surface area contributed by atoms with Gasteiger partial charge in [-0.25, -0.2) is 4.39 Å². The summed E-state index contributed by atoms with van der Waals surface area (Å²) in [5.41, 5.74) is 11.4. The lowest BCUT2D eigenvalue weighted by molar-refractivity contribution is 0.615. The van der Waals surface area contributed by atoms with E-state index in [1.165, 1.54) is 16.7 Å². The zero-order valence-corrected chi connectivity index (χ0v) is 12.4. The zero-order chi connectivity index (χ0) is 14.7. The molecule has 2 rings (SSSR count). The standard InChI is InChI=1S/C18H22FN/c1-12-4-5-15(10-13(12)2)17(8-9-20)16-6-7-18(19)14(3)11-16/h4-7,10-11,17H,8-9,20H2,1-3H3. The Balaban J connectivity index is 2.44. The minimum Gasteiger partial charge on any atom is -0.330 e. The molecule has 106 valence electrons. The average molecular weight is 271 g/mol. The van der Waals surface area contributed by atoms with E-state index in [0.29, 0.717) is 12.1 Å². The van der Waals surface area contributed by atoms with E-state index in [1.807, 2.05) is 12.1 Å². The number of aryl methyl sites for hydroxylation is 3. The van der Waals surface area contributed by atoms with E-state index in [2.05, 4.69) is 32.0 Å². The fourth-order valence-corrected chi connectivity index (χ4v) is 2.56. The van der Waals surface area contributed by atoms with Crippen molar-refractivity contribution < 1.29 is 4.39 Å². The van der Waals surface area contributed by atoms with Crippen LogP contribution in [0.2, 0.25) is 0 Å². The van der Waals surface area contributed by atoms with Gasteiger partial charge in [0, 0.05) is 5.92 Å². The molecule has 0 amide bonds. The third-order valence-corrected chi connectivity index (χ3v) is 3.97. The summed E-state index contributed by atoms with van der Waals surface area (Å²) >= 11 is 0. The maximum Gasteiger partial charge on any atom is 0.126 e. The highest BCUT2D eigenvalue weighted by Gasteiger charge is 2.15. The van der Waals surface area contributed by atoms with Crippen molar-refractivity contribution in [2.45, 2.75) is 33.1 Å². The lowest BCUT2D eigenvalue weighted by atomic mass is 9.86. The summed E-state index contributed by atoms with van der Waals surface area (Å²) in [4.78, 5) is 0. The average Bonchev–Trinajstić information content (AvgIpc) is 2.43. The molecule has 0 spiro atoms. The molecule has 0 aliphatic carbocycles. The van der Waals surface area contributed by atoms with Gasteiger partial charge >= 0.3 is 0 Å². The Bertz CT molecular complexity index is 553. The normalized spacial score (nSPS) is 12.4. The SMILES string of the molecule is Cc1ccc(C(CCN)c2ccc(F)c(C)c2)cc1C. The molecule has 0 saturated carbocycles. The number of nitrogens with two attached hydrogens (primary N) is 1. The number of hydrogen-bond donors (Lipinski definition) is 1. The Kier molecular flexibility index (Phi) is 4.56. The Morgan fingerprint density at radius 3 is 2.05 bits per heavy atom. The minimum absolute atomic E-state index is 0.152. The van der Waals surface area contributed by atoms with Gasteiger partial charge in [0.25, 0.3) is 0 Å². The molecule has 20 heavy (non-hydrogen) atoms. The maximum atomic E-state index is 13.4. The third kappa shape index (κ3) is 3.07. The molecule has 0 fully saturated rings. The maximum absolute atomic E-state index is 13.4. The minimum atomic E-state index is -0.152. The van der Waals surface area contributed by atoms with Gasteiger partial charge in [-0.2, -0.15) is 0 Å². The van der Waals surface area contributed by atoms with Crippen molar-refractivity contribution >= 4 is 0 Å². The van der Waals surface area contributed by atoms with Gasteiger partial charge in [0.05, 0.1) is 0 Å². The fourth-order valence-electron chi connectivity index (χ4n) is 2.56. The van der Waals surface area contributed by atoms with E-state index >= 15 is 0 Å². The lowest BCUT2D eigenvalue weighted by Gasteiger charge is -2.19. The predicted octanol–water partition coefficient (Wildman–Crippen LogP) is 4.23. The van der Waals surface area contributed by atoms with Crippen LogP contribution in [0.25, 0.3) is 0 Å². The Morgan fingerprint density at radius 1 is 0.900 bits per heavy atom. The largest absolute Gasteiger partial charge is 0.330 e. The molecule has 1 nitrogen and oxygen atoms in total. The van der Waals surface area contributed by atoms with Gasteiger partial charge in [0.1, 0.15) is 5.82 Å². The quantitative estimate of drug-likeness (QED) is 0.884. The molecule has 0 bridgehead atoms. The van der Waals surface area contributed by atoms with Gasteiger partial charge in [-0.15, -0.1) is 0 Å². The van der Waals surface area contributed by atoms with Gasteiger partial charge in [0.2, 0.25) is 0 Å². The van der Waals surface area contributed by atoms with Crippen LogP contribution in [0.5, 0.6) is 0 Å². The fraction of sp³-hybridized carbons (Fsp3) is 0.333. The van der Waals surface area contributed by atoms with E-state index in [0.717, 1.165) is 12.0 Å². The summed E-state index contributed by atoms with van der Waals surface area (Å²) in [6.45, 7) is 6.65. The van der Waals surface area contributed by atoms with E-state index in [-0.39, 0.29) is 11.7 Å². The first-order valence-corrected chi connectivity index (χ1v) is 7.06. The number of benzene rings is 2. The summed E-state index contributed by atoms with van der Waals surface area (Å²) in [7, 11) is 0. The first kappa shape index (κ1) is 14.7. The third-order valence-electron chi connectivity index (χ3n) is 3.97. The summed E-state index contributed by atoms with van der Waals surface area (Å²) in [5.74, 6) is 0.0823. The molecule has 2 aromatic rings. The highest BCUT2D eigenvalue weighted by molar-refractivity contribution is 5.39. The van der Waals surface area contributed by atoms with Crippen LogP contribution in [0, 0.1) is 26.6 Å². The summed E-state index contributed by atoms with van der Waals surface area (Å²) in [6.07, 6.45) is 0.869. The molecule has 0 saturated heterocycles. The molecule has 2 aromatic carbocycles. The van der Waals surface area contributed by atoms with E-state index in [9.17, 15) is 4.39 Å². The highest BCUT2D eigenvalue weighted by atomic mass is 19.1. The topological polar surface area (TPSA) is 26.0 Å². The van der Waals surface area contributed by atoms with Crippen LogP contribution in [-0.2, 0) is 0 Å². The van der Waals surface area contributed by atoms with Gasteiger partial charge in [0.15, 0.2) is 0 Å². The molecule has 0 heterocycles. The molecule has 0 aliphatic heterocycles. The molecular formula is C18H22FN. The Morgan fingerprint density at radius 2 is 1.50 bits per heavy atom. The molecule has 2 heteroatoms. The second-order valence-corrected chi connectivity index (χ2v) is 5.48. The van der Waals surface area contributed by atoms with Gasteiger partial charge in [-0.1, -0.05) is 30.3 Å². The van der Waals surface area contributed by atoms with Crippen molar-refractivity contribution in [2.24, 2.45) is 5.73 Å². The van der Waals surface area contributed by atoms with Crippen molar-refractivity contribution in [3.63, 3.8) is 0 Å². The number of halogens is 1. The van der Waals surface area contributed by atoms with Crippen LogP contribution >= 0.6 is 0 Å². The number of rotatable bonds is 4. The molecular weight excluding hydrogens is 249 g/mol. The second kappa shape index (κ2) is 6.19. The van der Waals surface area contributed by atoms with Crippen LogP contribution < -0.4 is 5.73 Å². The lowest BCUT2D eigenvalue weighted by Crippen LogP contribution is -2.09. The van der Waals surface area contributed by atoms with Crippen molar-refractivity contribution in [3.8, 4) is 0 Å². The molecule has 1 atom stereocenters. The van der Waals surface area contributed by atoms with Crippen molar-refractivity contribution in [3.05, 3.63) is 70.0 Å². The van der Waals surface area contributed by atoms with Crippen LogP contribution in [0.3, 0.4) is 0 Å². The Labute approximate surface area is 120 Å². The van der Waals surface area contributed by atoms with E-state index in [4.69, 9.17) is 5.73 Å². The molecule has 2 N–H and O–H groups in total. The second-order valence-electron chi connectivity index (χ2n) is 5.48. The van der Waals surface area contributed by atoms with Crippen LogP contribution in [0.15, 0.2) is 36.4 Å². The highest BCUT2D eigenvalue weighted by Crippen LogP contribution is 2.30. The first-order valence-electron chi connectivity index (χ1n) is 7.06. The summed E-state index contributed by atoms with van der Waals surface area (Å²) < 4.78 is 13.4. The predicted molar refractivity (Wildman–Crippen MR) is 82.6 cm³/mol. The van der Waals surface area contributed by atoms with E-state index < -0.39 is 0 Å². The van der Waals surface area contributed by atoms with Crippen LogP contribution in [0.1, 0.15) is 40.2 Å². The van der Waals surface area contributed by atoms with Gasteiger partial charge in [-0.3, -0.25) is 0 Å². The van der Waals surface area contributed by atoms with Crippen LogP contribution in [-0.4, -0.2) is 6.54 Å². The zero-order valence-electron chi connectivity index (χ0n) is 12.4. The number of hydrogen-bond acceptors (Lipinski definition) is 1. The van der Waals surface area contributed by atoms with Gasteiger partial charge in [-0.05, 0) is 67.6 Å². The van der Waals surface area contributed by atoms with Crippen molar-refractivity contribution in [1.29, 1.82) is 0 Å². The molecule has 0 aliphatic rings. The molecule has 0 aromatic heterocycles. The smallest absolute Gasteiger partial charge is 0.126 e. The van der Waals surface area contributed by atoms with Gasteiger partial charge < -0.3 is 5.73 Å². The van der Waals surface area contributed by atoms with Crippen molar-refractivity contribution in [2.75, 3.05) is 6.54 Å². The van der Waals surface area contributed by atoms with E-state index in [1.54, 1.807) is 13.0 Å². The monoisotopic (exact) mass is 271 g/mol. The summed E-state index contributed by atoms with van der Waals surface area (Å²) in [6, 6.07) is 11.9. The Hall–Kier alpha value is -1.67. The molecule has 0 radical (unpaired) electrons.